The Kier molecular flexibility index (Phi) is 8.45. The summed E-state index contributed by atoms with van der Waals surface area (Å²) in [7, 11) is -3.06. The van der Waals surface area contributed by atoms with Crippen LogP contribution in [0.25, 0.3) is 0 Å². The molecule has 0 amide bonds. The van der Waals surface area contributed by atoms with E-state index in [9.17, 15) is 8.42 Å². The molecule has 0 unspecified atom stereocenters. The minimum absolute atomic E-state index is 0.0961. The summed E-state index contributed by atoms with van der Waals surface area (Å²) in [5.74, 6) is 0.987. The van der Waals surface area contributed by atoms with Gasteiger partial charge in [0.15, 0.2) is 5.96 Å². The van der Waals surface area contributed by atoms with Gasteiger partial charge in [-0.1, -0.05) is 0 Å². The number of hydrogen-bond acceptors (Lipinski definition) is 4. The molecular formula is C16H35N5O2S. The van der Waals surface area contributed by atoms with Crippen LogP contribution in [0.3, 0.4) is 0 Å². The zero-order valence-electron chi connectivity index (χ0n) is 15.9. The van der Waals surface area contributed by atoms with Crippen molar-refractivity contribution in [2.24, 2.45) is 4.99 Å². The summed E-state index contributed by atoms with van der Waals surface area (Å²) < 4.78 is 25.4. The van der Waals surface area contributed by atoms with Gasteiger partial charge in [-0.05, 0) is 47.5 Å². The smallest absolute Gasteiger partial charge is 0.213 e. The average molecular weight is 362 g/mol. The first-order valence-electron chi connectivity index (χ1n) is 8.95. The summed E-state index contributed by atoms with van der Waals surface area (Å²) in [4.78, 5) is 4.59. The SMILES string of the molecule is CCNC(=NCCNC(C)(C)C)NC1CCN(S(=O)(=O)CC)CC1. The van der Waals surface area contributed by atoms with Crippen LogP contribution >= 0.6 is 0 Å². The standard InChI is InChI=1S/C16H35N5O2S/c1-6-17-15(18-10-11-19-16(3,4)5)20-14-8-12-21(13-9-14)24(22,23)7-2/h14,19H,6-13H2,1-5H3,(H2,17,18,20). The van der Waals surface area contributed by atoms with E-state index in [0.29, 0.717) is 19.6 Å². The molecule has 0 aliphatic carbocycles. The van der Waals surface area contributed by atoms with Crippen LogP contribution in [-0.2, 0) is 10.0 Å². The second-order valence-corrected chi connectivity index (χ2v) is 9.41. The molecule has 7 nitrogen and oxygen atoms in total. The maximum absolute atomic E-state index is 11.9. The molecule has 1 aliphatic rings. The molecule has 1 aliphatic heterocycles. The predicted octanol–water partition coefficient (Wildman–Crippen LogP) is 0.744. The predicted molar refractivity (Wildman–Crippen MR) is 101 cm³/mol. The number of hydrogen-bond donors (Lipinski definition) is 3. The van der Waals surface area contributed by atoms with E-state index in [0.717, 1.165) is 31.9 Å². The van der Waals surface area contributed by atoms with Crippen molar-refractivity contribution < 1.29 is 8.42 Å². The molecular weight excluding hydrogens is 326 g/mol. The van der Waals surface area contributed by atoms with Crippen molar-refractivity contribution in [2.45, 2.75) is 59.0 Å². The van der Waals surface area contributed by atoms with Gasteiger partial charge in [-0.15, -0.1) is 0 Å². The van der Waals surface area contributed by atoms with E-state index in [-0.39, 0.29) is 17.3 Å². The summed E-state index contributed by atoms with van der Waals surface area (Å²) in [5.41, 5.74) is 0.0961. The number of guanidine groups is 1. The van der Waals surface area contributed by atoms with Gasteiger partial charge in [0.1, 0.15) is 0 Å². The Balaban J connectivity index is 2.46. The van der Waals surface area contributed by atoms with Crippen LogP contribution in [0.4, 0.5) is 0 Å². The Morgan fingerprint density at radius 2 is 1.83 bits per heavy atom. The first-order chi connectivity index (χ1) is 11.2. The van der Waals surface area contributed by atoms with Crippen LogP contribution in [0.15, 0.2) is 4.99 Å². The number of nitrogens with one attached hydrogen (secondary N) is 3. The van der Waals surface area contributed by atoms with Crippen molar-refractivity contribution >= 4 is 16.0 Å². The number of piperidine rings is 1. The zero-order valence-corrected chi connectivity index (χ0v) is 16.7. The van der Waals surface area contributed by atoms with Crippen LogP contribution < -0.4 is 16.0 Å². The molecule has 0 bridgehead atoms. The van der Waals surface area contributed by atoms with Gasteiger partial charge in [-0.25, -0.2) is 12.7 Å². The molecule has 0 radical (unpaired) electrons. The van der Waals surface area contributed by atoms with Gasteiger partial charge in [-0.3, -0.25) is 4.99 Å². The van der Waals surface area contributed by atoms with Crippen molar-refractivity contribution in [1.82, 2.24) is 20.3 Å². The highest BCUT2D eigenvalue weighted by Gasteiger charge is 2.26. The second kappa shape index (κ2) is 9.58. The molecule has 8 heteroatoms. The lowest BCUT2D eigenvalue weighted by Gasteiger charge is -2.32. The van der Waals surface area contributed by atoms with Crippen LogP contribution in [0, 0.1) is 0 Å². The topological polar surface area (TPSA) is 85.8 Å². The lowest BCUT2D eigenvalue weighted by Crippen LogP contribution is -2.50. The third-order valence-corrected chi connectivity index (χ3v) is 5.82. The minimum atomic E-state index is -3.06. The molecule has 1 rings (SSSR count). The van der Waals surface area contributed by atoms with Crippen LogP contribution in [-0.4, -0.2) is 68.7 Å². The molecule has 0 saturated carbocycles. The van der Waals surface area contributed by atoms with E-state index < -0.39 is 10.0 Å². The third-order valence-electron chi connectivity index (χ3n) is 3.93. The lowest BCUT2D eigenvalue weighted by atomic mass is 10.1. The first-order valence-corrected chi connectivity index (χ1v) is 10.6. The Labute approximate surface area is 147 Å². The normalized spacial score (nSPS) is 18.6. The van der Waals surface area contributed by atoms with E-state index >= 15 is 0 Å². The maximum Gasteiger partial charge on any atom is 0.213 e. The Bertz CT molecular complexity index is 491. The number of rotatable bonds is 7. The molecule has 0 spiro atoms. The molecule has 0 aromatic heterocycles. The highest BCUT2D eigenvalue weighted by molar-refractivity contribution is 7.89. The van der Waals surface area contributed by atoms with Gasteiger partial charge in [-0.2, -0.15) is 0 Å². The number of aliphatic imine (C=N–C) groups is 1. The van der Waals surface area contributed by atoms with Gasteiger partial charge in [0.2, 0.25) is 10.0 Å². The second-order valence-electron chi connectivity index (χ2n) is 7.16. The van der Waals surface area contributed by atoms with E-state index in [1.54, 1.807) is 11.2 Å². The summed E-state index contributed by atoms with van der Waals surface area (Å²) in [6.07, 6.45) is 1.62. The summed E-state index contributed by atoms with van der Waals surface area (Å²) in [5, 5.41) is 10.1. The molecule has 1 fully saturated rings. The Morgan fingerprint density at radius 3 is 2.33 bits per heavy atom. The van der Waals surface area contributed by atoms with Crippen molar-refractivity contribution in [2.75, 3.05) is 38.5 Å². The fourth-order valence-electron chi connectivity index (χ4n) is 2.57. The first kappa shape index (κ1) is 21.2. The van der Waals surface area contributed by atoms with Crippen LogP contribution in [0.2, 0.25) is 0 Å². The molecule has 0 atom stereocenters. The highest BCUT2D eigenvalue weighted by Crippen LogP contribution is 2.14. The lowest BCUT2D eigenvalue weighted by molar-refractivity contribution is 0.306. The van der Waals surface area contributed by atoms with Crippen molar-refractivity contribution in [3.05, 3.63) is 0 Å². The molecule has 24 heavy (non-hydrogen) atoms. The van der Waals surface area contributed by atoms with E-state index in [4.69, 9.17) is 0 Å². The van der Waals surface area contributed by atoms with Crippen LogP contribution in [0.1, 0.15) is 47.5 Å². The summed E-state index contributed by atoms with van der Waals surface area (Å²) in [6, 6.07) is 0.265. The number of nitrogens with zero attached hydrogens (tertiary/aromatic N) is 2. The molecule has 1 heterocycles. The van der Waals surface area contributed by atoms with E-state index in [1.165, 1.54) is 0 Å². The minimum Gasteiger partial charge on any atom is -0.357 e. The number of sulfonamides is 1. The zero-order chi connectivity index (χ0) is 18.2. The molecule has 3 N–H and O–H groups in total. The fourth-order valence-corrected chi connectivity index (χ4v) is 3.71. The van der Waals surface area contributed by atoms with Gasteiger partial charge in [0.25, 0.3) is 0 Å². The fraction of sp³-hybridized carbons (Fsp3) is 0.938. The maximum atomic E-state index is 11.9. The van der Waals surface area contributed by atoms with Gasteiger partial charge in [0, 0.05) is 37.8 Å². The van der Waals surface area contributed by atoms with E-state index in [2.05, 4.69) is 41.7 Å². The molecule has 0 aromatic rings. The Morgan fingerprint density at radius 1 is 1.21 bits per heavy atom. The highest BCUT2D eigenvalue weighted by atomic mass is 32.2. The molecule has 142 valence electrons. The van der Waals surface area contributed by atoms with Crippen molar-refractivity contribution in [1.29, 1.82) is 0 Å². The third kappa shape index (κ3) is 7.81. The molecule has 0 aromatic carbocycles. The molecule has 1 saturated heterocycles. The van der Waals surface area contributed by atoms with Crippen molar-refractivity contribution in [3.8, 4) is 0 Å². The van der Waals surface area contributed by atoms with E-state index in [1.807, 2.05) is 6.92 Å². The summed E-state index contributed by atoms with van der Waals surface area (Å²) in [6.45, 7) is 13.7. The summed E-state index contributed by atoms with van der Waals surface area (Å²) >= 11 is 0. The Hall–Kier alpha value is -0.860. The largest absolute Gasteiger partial charge is 0.357 e. The van der Waals surface area contributed by atoms with Crippen LogP contribution in [0.5, 0.6) is 0 Å². The monoisotopic (exact) mass is 361 g/mol. The van der Waals surface area contributed by atoms with Gasteiger partial charge < -0.3 is 16.0 Å². The van der Waals surface area contributed by atoms with Gasteiger partial charge in [0.05, 0.1) is 12.3 Å². The quantitative estimate of drug-likeness (QED) is 0.354. The van der Waals surface area contributed by atoms with Gasteiger partial charge >= 0.3 is 0 Å². The van der Waals surface area contributed by atoms with Crippen molar-refractivity contribution in [3.63, 3.8) is 0 Å². The average Bonchev–Trinajstić information content (AvgIpc) is 2.51.